The Labute approximate surface area is 161 Å². The topological polar surface area (TPSA) is 95.1 Å². The minimum atomic E-state index is -0.458. The summed E-state index contributed by atoms with van der Waals surface area (Å²) in [5, 5.41) is 11.4. The van der Waals surface area contributed by atoms with Crippen LogP contribution in [0.2, 0.25) is 0 Å². The van der Waals surface area contributed by atoms with Crippen LogP contribution in [0.5, 0.6) is 5.75 Å². The van der Waals surface area contributed by atoms with Crippen LogP contribution in [-0.4, -0.2) is 22.0 Å². The van der Waals surface area contributed by atoms with Gasteiger partial charge in [-0.1, -0.05) is 47.7 Å². The van der Waals surface area contributed by atoms with Crippen molar-refractivity contribution in [1.82, 2.24) is 14.9 Å². The fourth-order valence-corrected chi connectivity index (χ4v) is 3.35. The summed E-state index contributed by atoms with van der Waals surface area (Å²) in [6.07, 6.45) is 0. The number of hydrogen-bond acceptors (Lipinski definition) is 7. The first-order valence-electron chi connectivity index (χ1n) is 8.32. The number of rotatable bonds is 6. The van der Waals surface area contributed by atoms with E-state index in [1.54, 1.807) is 7.11 Å². The largest absolute Gasteiger partial charge is 0.495 e. The van der Waals surface area contributed by atoms with Gasteiger partial charge in [-0.05, 0) is 37.1 Å². The Bertz CT molecular complexity index is 1020. The Morgan fingerprint density at radius 1 is 1.15 bits per heavy atom. The van der Waals surface area contributed by atoms with E-state index in [9.17, 15) is 4.79 Å². The molecule has 3 N–H and O–H groups in total. The van der Waals surface area contributed by atoms with E-state index in [0.717, 1.165) is 15.8 Å². The summed E-state index contributed by atoms with van der Waals surface area (Å²) < 4.78 is 6.32. The number of nitrogens with zero attached hydrogens (tertiary/aromatic N) is 3. The Morgan fingerprint density at radius 2 is 1.93 bits per heavy atom. The number of nitrogens with one attached hydrogen (secondary N) is 1. The van der Waals surface area contributed by atoms with Gasteiger partial charge in [-0.3, -0.25) is 4.79 Å². The van der Waals surface area contributed by atoms with Crippen LogP contribution in [0.25, 0.3) is 0 Å². The number of anilines is 2. The summed E-state index contributed by atoms with van der Waals surface area (Å²) in [7, 11) is 1.56. The van der Waals surface area contributed by atoms with Crippen molar-refractivity contribution in [3.63, 3.8) is 0 Å². The van der Waals surface area contributed by atoms with Gasteiger partial charge in [-0.2, -0.15) is 4.68 Å². The number of hydrogen-bond donors (Lipinski definition) is 2. The van der Waals surface area contributed by atoms with E-state index in [4.69, 9.17) is 10.6 Å². The first-order chi connectivity index (χ1) is 13.0. The number of aromatic nitrogens is 3. The molecular formula is C19H21N5O2S. The number of methoxy groups -OCH3 is 1. The fraction of sp³-hybridized carbons (Fsp3) is 0.211. The van der Waals surface area contributed by atoms with Gasteiger partial charge in [0.05, 0.1) is 12.8 Å². The Morgan fingerprint density at radius 3 is 2.67 bits per heavy atom. The fourth-order valence-electron chi connectivity index (χ4n) is 2.56. The van der Waals surface area contributed by atoms with Crippen molar-refractivity contribution in [3.05, 3.63) is 69.5 Å². The maximum atomic E-state index is 12.6. The monoisotopic (exact) mass is 383 g/mol. The van der Waals surface area contributed by atoms with Gasteiger partial charge in [0.1, 0.15) is 5.75 Å². The molecule has 140 valence electrons. The van der Waals surface area contributed by atoms with Gasteiger partial charge in [0.25, 0.3) is 0 Å². The van der Waals surface area contributed by atoms with Crippen LogP contribution in [0.4, 0.5) is 11.5 Å². The molecule has 0 unspecified atom stereocenters. The average molecular weight is 383 g/mol. The van der Waals surface area contributed by atoms with E-state index in [-0.39, 0.29) is 5.82 Å². The molecule has 1 heterocycles. The van der Waals surface area contributed by atoms with Crippen molar-refractivity contribution in [1.29, 1.82) is 0 Å². The highest BCUT2D eigenvalue weighted by Gasteiger charge is 2.13. The molecule has 0 radical (unpaired) electrons. The van der Waals surface area contributed by atoms with E-state index in [1.807, 2.05) is 50.2 Å². The van der Waals surface area contributed by atoms with Crippen LogP contribution < -0.4 is 21.5 Å². The second-order valence-corrected chi connectivity index (χ2v) is 7.06. The molecule has 8 heteroatoms. The van der Waals surface area contributed by atoms with E-state index in [2.05, 4.69) is 21.6 Å². The molecule has 0 bridgehead atoms. The van der Waals surface area contributed by atoms with Crippen molar-refractivity contribution in [2.75, 3.05) is 18.3 Å². The van der Waals surface area contributed by atoms with Gasteiger partial charge in [0.2, 0.25) is 11.0 Å². The highest BCUT2D eigenvalue weighted by atomic mass is 32.2. The summed E-state index contributed by atoms with van der Waals surface area (Å²) in [5.74, 6) is 7.23. The van der Waals surface area contributed by atoms with Crippen LogP contribution in [0.3, 0.4) is 0 Å². The summed E-state index contributed by atoms with van der Waals surface area (Å²) in [6.45, 7) is 3.98. The Kier molecular flexibility index (Phi) is 5.66. The van der Waals surface area contributed by atoms with E-state index < -0.39 is 5.56 Å². The molecule has 1 aromatic heterocycles. The highest BCUT2D eigenvalue weighted by molar-refractivity contribution is 7.98. The third-order valence-corrected chi connectivity index (χ3v) is 4.94. The molecular weight excluding hydrogens is 362 g/mol. The van der Waals surface area contributed by atoms with Crippen molar-refractivity contribution in [2.45, 2.75) is 24.8 Å². The van der Waals surface area contributed by atoms with Gasteiger partial charge >= 0.3 is 5.56 Å². The smallest absolute Gasteiger partial charge is 0.315 e. The Balaban J connectivity index is 1.81. The molecule has 0 saturated heterocycles. The van der Waals surface area contributed by atoms with Gasteiger partial charge in [-0.25, -0.2) is 0 Å². The van der Waals surface area contributed by atoms with Crippen LogP contribution in [0.1, 0.15) is 16.7 Å². The number of thioether (sulfide) groups is 1. The van der Waals surface area contributed by atoms with Gasteiger partial charge in [0.15, 0.2) is 0 Å². The van der Waals surface area contributed by atoms with Crippen LogP contribution in [0.15, 0.2) is 52.4 Å². The zero-order valence-corrected chi connectivity index (χ0v) is 16.2. The normalized spacial score (nSPS) is 10.6. The lowest BCUT2D eigenvalue weighted by molar-refractivity contribution is 0.416. The van der Waals surface area contributed by atoms with E-state index >= 15 is 0 Å². The number of benzene rings is 2. The lowest BCUT2D eigenvalue weighted by atomic mass is 10.2. The summed E-state index contributed by atoms with van der Waals surface area (Å²) >= 11 is 1.36. The molecule has 0 spiro atoms. The van der Waals surface area contributed by atoms with E-state index in [1.165, 1.54) is 17.3 Å². The average Bonchev–Trinajstić information content (AvgIpc) is 2.65. The quantitative estimate of drug-likeness (QED) is 0.499. The zero-order chi connectivity index (χ0) is 19.4. The van der Waals surface area contributed by atoms with Gasteiger partial charge in [0, 0.05) is 5.75 Å². The molecule has 0 aliphatic heterocycles. The molecule has 0 fully saturated rings. The molecule has 0 amide bonds. The SMILES string of the molecule is COc1ccc(C)cc1Nc1nnc(SCc2cccc(C)c2)n(N)c1=O. The molecule has 7 nitrogen and oxygen atoms in total. The number of aryl methyl sites for hydroxylation is 2. The molecule has 0 atom stereocenters. The zero-order valence-electron chi connectivity index (χ0n) is 15.4. The molecule has 3 rings (SSSR count). The molecule has 2 aromatic carbocycles. The molecule has 0 aliphatic rings. The van der Waals surface area contributed by atoms with Crippen molar-refractivity contribution >= 4 is 23.3 Å². The highest BCUT2D eigenvalue weighted by Crippen LogP contribution is 2.27. The number of nitrogen functional groups attached to an aromatic ring is 1. The maximum absolute atomic E-state index is 12.6. The molecule has 0 saturated carbocycles. The van der Waals surface area contributed by atoms with Crippen LogP contribution in [-0.2, 0) is 5.75 Å². The number of nitrogens with two attached hydrogens (primary N) is 1. The summed E-state index contributed by atoms with van der Waals surface area (Å²) in [4.78, 5) is 12.6. The lowest BCUT2D eigenvalue weighted by Crippen LogP contribution is -2.32. The summed E-state index contributed by atoms with van der Waals surface area (Å²) in [6, 6.07) is 13.7. The Hall–Kier alpha value is -3.00. The summed E-state index contributed by atoms with van der Waals surface area (Å²) in [5.41, 5.74) is 3.49. The van der Waals surface area contributed by atoms with Gasteiger partial charge < -0.3 is 15.9 Å². The number of ether oxygens (including phenoxy) is 1. The predicted octanol–water partition coefficient (Wildman–Crippen LogP) is 3.01. The molecule has 0 aliphatic carbocycles. The third kappa shape index (κ3) is 4.40. The third-order valence-electron chi connectivity index (χ3n) is 3.92. The predicted molar refractivity (Wildman–Crippen MR) is 108 cm³/mol. The van der Waals surface area contributed by atoms with Crippen molar-refractivity contribution in [3.8, 4) is 5.75 Å². The standard InChI is InChI=1S/C19H21N5O2S/c1-12-5-4-6-14(9-12)11-27-19-23-22-17(18(25)24(19)20)21-15-10-13(2)7-8-16(15)26-3/h4-10H,11,20H2,1-3H3,(H,21,22). The molecule has 27 heavy (non-hydrogen) atoms. The van der Waals surface area contributed by atoms with Gasteiger partial charge in [-0.15, -0.1) is 10.2 Å². The first kappa shape index (κ1) is 18.8. The molecule has 3 aromatic rings. The second-order valence-electron chi connectivity index (χ2n) is 6.11. The van der Waals surface area contributed by atoms with Crippen molar-refractivity contribution in [2.24, 2.45) is 0 Å². The van der Waals surface area contributed by atoms with Crippen molar-refractivity contribution < 1.29 is 4.74 Å². The minimum Gasteiger partial charge on any atom is -0.495 e. The maximum Gasteiger partial charge on any atom is 0.315 e. The minimum absolute atomic E-state index is 0.0429. The first-order valence-corrected chi connectivity index (χ1v) is 9.31. The lowest BCUT2D eigenvalue weighted by Gasteiger charge is -2.12. The van der Waals surface area contributed by atoms with Crippen LogP contribution in [0, 0.1) is 13.8 Å². The van der Waals surface area contributed by atoms with Crippen LogP contribution >= 0.6 is 11.8 Å². The van der Waals surface area contributed by atoms with E-state index in [0.29, 0.717) is 22.3 Å². The second kappa shape index (κ2) is 8.13.